The lowest BCUT2D eigenvalue weighted by atomic mass is 9.94. The van der Waals surface area contributed by atoms with E-state index >= 15 is 0 Å². The molecule has 2 aliphatic rings. The molecule has 0 bridgehead atoms. The van der Waals surface area contributed by atoms with Gasteiger partial charge in [-0.1, -0.05) is 6.42 Å². The van der Waals surface area contributed by atoms with E-state index in [9.17, 15) is 9.59 Å². The number of hydrogen-bond donors (Lipinski definition) is 2. The van der Waals surface area contributed by atoms with Crippen LogP contribution < -0.4 is 5.32 Å². The first kappa shape index (κ1) is 16.1. The summed E-state index contributed by atoms with van der Waals surface area (Å²) in [6.45, 7) is 5.28. The lowest BCUT2D eigenvalue weighted by Crippen LogP contribution is -2.46. The molecule has 0 saturated carbocycles. The second-order valence-corrected chi connectivity index (χ2v) is 6.16. The molecule has 0 unspecified atom stereocenters. The van der Waals surface area contributed by atoms with Crippen LogP contribution in [0.4, 0.5) is 4.79 Å². The number of rotatable bonds is 5. The Hall–Kier alpha value is -1.30. The first-order valence-corrected chi connectivity index (χ1v) is 8.12. The lowest BCUT2D eigenvalue weighted by molar-refractivity contribution is -0.138. The average molecular weight is 297 g/mol. The number of aliphatic carboxylic acids is 1. The molecule has 0 aromatic heterocycles. The zero-order valence-electron chi connectivity index (χ0n) is 12.7. The normalized spacial score (nSPS) is 21.2. The molecular formula is C15H27N3O3. The summed E-state index contributed by atoms with van der Waals surface area (Å²) in [6.07, 6.45) is 5.69. The van der Waals surface area contributed by atoms with Gasteiger partial charge in [0, 0.05) is 32.6 Å². The molecule has 2 fully saturated rings. The highest BCUT2D eigenvalue weighted by atomic mass is 16.4. The molecule has 0 spiro atoms. The molecule has 0 radical (unpaired) electrons. The first-order valence-electron chi connectivity index (χ1n) is 8.12. The standard InChI is InChI=1S/C15H27N3O3/c19-14(20)12-13-4-9-18(10-5-13)15(21)16-6-11-17-7-2-1-3-8-17/h13H,1-12H2,(H,16,21)(H,19,20). The number of urea groups is 1. The van der Waals surface area contributed by atoms with E-state index in [4.69, 9.17) is 5.11 Å². The number of carbonyl (C=O) groups excluding carboxylic acids is 1. The van der Waals surface area contributed by atoms with Gasteiger partial charge in [0.1, 0.15) is 0 Å². The second kappa shape index (κ2) is 8.22. The maximum atomic E-state index is 12.0. The summed E-state index contributed by atoms with van der Waals surface area (Å²) in [4.78, 5) is 26.9. The van der Waals surface area contributed by atoms with Gasteiger partial charge in [-0.2, -0.15) is 0 Å². The summed E-state index contributed by atoms with van der Waals surface area (Å²) in [6, 6.07) is 0.000726. The predicted octanol–water partition coefficient (Wildman–Crippen LogP) is 1.37. The van der Waals surface area contributed by atoms with E-state index in [0.29, 0.717) is 19.6 Å². The summed E-state index contributed by atoms with van der Waals surface area (Å²) in [7, 11) is 0. The van der Waals surface area contributed by atoms with Crippen molar-refractivity contribution in [2.75, 3.05) is 39.3 Å². The fourth-order valence-electron chi connectivity index (χ4n) is 3.20. The van der Waals surface area contributed by atoms with Crippen LogP contribution in [0.1, 0.15) is 38.5 Å². The van der Waals surface area contributed by atoms with Crippen LogP contribution in [0.5, 0.6) is 0 Å². The number of carboxylic acid groups (broad SMARTS) is 1. The van der Waals surface area contributed by atoms with Crippen molar-refractivity contribution in [1.82, 2.24) is 15.1 Å². The molecule has 0 aromatic rings. The van der Waals surface area contributed by atoms with Gasteiger partial charge in [-0.25, -0.2) is 4.79 Å². The second-order valence-electron chi connectivity index (χ2n) is 6.16. The van der Waals surface area contributed by atoms with Gasteiger partial charge in [0.05, 0.1) is 0 Å². The molecule has 21 heavy (non-hydrogen) atoms. The van der Waals surface area contributed by atoms with Crippen LogP contribution in [0.2, 0.25) is 0 Å². The highest BCUT2D eigenvalue weighted by molar-refractivity contribution is 5.74. The van der Waals surface area contributed by atoms with Crippen molar-refractivity contribution in [2.45, 2.75) is 38.5 Å². The van der Waals surface area contributed by atoms with E-state index in [0.717, 1.165) is 32.5 Å². The molecule has 0 aromatic carbocycles. The molecule has 2 heterocycles. The zero-order chi connectivity index (χ0) is 15.1. The molecular weight excluding hydrogens is 270 g/mol. The average Bonchev–Trinajstić information content (AvgIpc) is 2.48. The fourth-order valence-corrected chi connectivity index (χ4v) is 3.20. The van der Waals surface area contributed by atoms with Crippen molar-refractivity contribution in [1.29, 1.82) is 0 Å². The van der Waals surface area contributed by atoms with Crippen molar-refractivity contribution in [3.05, 3.63) is 0 Å². The number of hydrogen-bond acceptors (Lipinski definition) is 3. The summed E-state index contributed by atoms with van der Waals surface area (Å²) in [5.74, 6) is -0.515. The van der Waals surface area contributed by atoms with Crippen molar-refractivity contribution in [3.8, 4) is 0 Å². The van der Waals surface area contributed by atoms with E-state index < -0.39 is 5.97 Å². The fraction of sp³-hybridized carbons (Fsp3) is 0.867. The van der Waals surface area contributed by atoms with Gasteiger partial charge >= 0.3 is 12.0 Å². The van der Waals surface area contributed by atoms with Crippen LogP contribution >= 0.6 is 0 Å². The molecule has 2 rings (SSSR count). The lowest BCUT2D eigenvalue weighted by Gasteiger charge is -2.32. The Morgan fingerprint density at radius 3 is 2.33 bits per heavy atom. The van der Waals surface area contributed by atoms with Crippen LogP contribution in [0.15, 0.2) is 0 Å². The first-order chi connectivity index (χ1) is 10.1. The Balaban J connectivity index is 1.59. The highest BCUT2D eigenvalue weighted by Crippen LogP contribution is 2.20. The third-order valence-electron chi connectivity index (χ3n) is 4.52. The Bertz CT molecular complexity index is 348. The van der Waals surface area contributed by atoms with Crippen molar-refractivity contribution >= 4 is 12.0 Å². The quantitative estimate of drug-likeness (QED) is 0.804. The van der Waals surface area contributed by atoms with Crippen LogP contribution in [0, 0.1) is 5.92 Å². The van der Waals surface area contributed by atoms with E-state index in [1.807, 2.05) is 4.90 Å². The zero-order valence-corrected chi connectivity index (χ0v) is 12.7. The summed E-state index contributed by atoms with van der Waals surface area (Å²) in [5.41, 5.74) is 0. The SMILES string of the molecule is O=C(O)CC1CCN(C(=O)NCCN2CCCCC2)CC1. The molecule has 6 nitrogen and oxygen atoms in total. The largest absolute Gasteiger partial charge is 0.481 e. The van der Waals surface area contributed by atoms with E-state index in [1.165, 1.54) is 19.3 Å². The van der Waals surface area contributed by atoms with Gasteiger partial charge in [-0.05, 0) is 44.7 Å². The Labute approximate surface area is 126 Å². The Morgan fingerprint density at radius 2 is 1.71 bits per heavy atom. The maximum Gasteiger partial charge on any atom is 0.317 e. The van der Waals surface area contributed by atoms with Crippen LogP contribution in [-0.2, 0) is 4.79 Å². The Morgan fingerprint density at radius 1 is 1.05 bits per heavy atom. The number of carboxylic acids is 1. The van der Waals surface area contributed by atoms with E-state index in [-0.39, 0.29) is 18.4 Å². The summed E-state index contributed by atoms with van der Waals surface area (Å²) < 4.78 is 0. The minimum absolute atomic E-state index is 0.000726. The van der Waals surface area contributed by atoms with Gasteiger partial charge in [0.25, 0.3) is 0 Å². The van der Waals surface area contributed by atoms with E-state index in [2.05, 4.69) is 10.2 Å². The molecule has 0 atom stereocenters. The third kappa shape index (κ3) is 5.53. The predicted molar refractivity (Wildman–Crippen MR) is 80.2 cm³/mol. The smallest absolute Gasteiger partial charge is 0.317 e. The summed E-state index contributed by atoms with van der Waals surface area (Å²) >= 11 is 0. The number of nitrogens with zero attached hydrogens (tertiary/aromatic N) is 2. The molecule has 6 heteroatoms. The highest BCUT2D eigenvalue weighted by Gasteiger charge is 2.24. The van der Waals surface area contributed by atoms with Gasteiger partial charge in [0.15, 0.2) is 0 Å². The summed E-state index contributed by atoms with van der Waals surface area (Å²) in [5, 5.41) is 11.8. The Kier molecular flexibility index (Phi) is 6.29. The maximum absolute atomic E-state index is 12.0. The number of piperidine rings is 2. The molecule has 2 aliphatic heterocycles. The molecule has 2 saturated heterocycles. The van der Waals surface area contributed by atoms with Crippen molar-refractivity contribution in [3.63, 3.8) is 0 Å². The van der Waals surface area contributed by atoms with Crippen LogP contribution in [0.3, 0.4) is 0 Å². The minimum Gasteiger partial charge on any atom is -0.481 e. The van der Waals surface area contributed by atoms with Gasteiger partial charge in [-0.3, -0.25) is 4.79 Å². The molecule has 2 amide bonds. The number of amides is 2. The molecule has 2 N–H and O–H groups in total. The third-order valence-corrected chi connectivity index (χ3v) is 4.52. The minimum atomic E-state index is -0.737. The van der Waals surface area contributed by atoms with Gasteiger partial charge in [-0.15, -0.1) is 0 Å². The van der Waals surface area contributed by atoms with Crippen LogP contribution in [-0.4, -0.2) is 66.2 Å². The van der Waals surface area contributed by atoms with E-state index in [1.54, 1.807) is 0 Å². The van der Waals surface area contributed by atoms with Crippen molar-refractivity contribution in [2.24, 2.45) is 5.92 Å². The number of likely N-dealkylation sites (tertiary alicyclic amines) is 2. The molecule has 120 valence electrons. The topological polar surface area (TPSA) is 72.9 Å². The van der Waals surface area contributed by atoms with Gasteiger partial charge in [0.2, 0.25) is 0 Å². The molecule has 0 aliphatic carbocycles. The van der Waals surface area contributed by atoms with Gasteiger partial charge < -0.3 is 20.2 Å². The van der Waals surface area contributed by atoms with Crippen LogP contribution in [0.25, 0.3) is 0 Å². The number of nitrogens with one attached hydrogen (secondary N) is 1. The monoisotopic (exact) mass is 297 g/mol. The number of carbonyl (C=O) groups is 2. The van der Waals surface area contributed by atoms with Crippen molar-refractivity contribution < 1.29 is 14.7 Å².